The van der Waals surface area contributed by atoms with Crippen LogP contribution in [0.5, 0.6) is 0 Å². The second-order valence-electron chi connectivity index (χ2n) is 6.48. The maximum absolute atomic E-state index is 12.3. The molecule has 1 fully saturated rings. The Hall–Kier alpha value is -2.25. The van der Waals surface area contributed by atoms with E-state index in [1.165, 1.54) is 0 Å². The molecule has 0 saturated carbocycles. The molecule has 0 N–H and O–H groups in total. The van der Waals surface area contributed by atoms with Crippen LogP contribution in [0.2, 0.25) is 0 Å². The van der Waals surface area contributed by atoms with Gasteiger partial charge in [-0.2, -0.15) is 0 Å². The largest absolute Gasteiger partial charge is 0.378 e. The van der Waals surface area contributed by atoms with Crippen LogP contribution in [0.1, 0.15) is 12.2 Å². The van der Waals surface area contributed by atoms with Gasteiger partial charge in [0.05, 0.1) is 19.8 Å². The number of amides is 1. The Kier molecular flexibility index (Phi) is 4.76. The minimum absolute atomic E-state index is 0.223. The monoisotopic (exact) mass is 341 g/mol. The summed E-state index contributed by atoms with van der Waals surface area (Å²) in [6.45, 7) is 6.03. The summed E-state index contributed by atoms with van der Waals surface area (Å²) in [6, 6.07) is 10.2. The average molecular weight is 341 g/mol. The molecule has 2 aromatic rings. The minimum Gasteiger partial charge on any atom is -0.378 e. The number of hydrogen-bond donors (Lipinski definition) is 0. The molecular weight excluding hydrogens is 318 g/mol. The van der Waals surface area contributed by atoms with Crippen molar-refractivity contribution < 1.29 is 9.53 Å². The van der Waals surface area contributed by atoms with Gasteiger partial charge in [0, 0.05) is 44.7 Å². The smallest absolute Gasteiger partial charge is 0.224 e. The quantitative estimate of drug-likeness (QED) is 0.830. The first-order valence-electron chi connectivity index (χ1n) is 8.86. The molecule has 7 heteroatoms. The maximum atomic E-state index is 12.3. The van der Waals surface area contributed by atoms with E-state index in [2.05, 4.69) is 31.8 Å². The zero-order chi connectivity index (χ0) is 17.1. The first-order chi connectivity index (χ1) is 12.3. The molecule has 4 rings (SSSR count). The summed E-state index contributed by atoms with van der Waals surface area (Å²) in [7, 11) is 0. The highest BCUT2D eigenvalue weighted by Gasteiger charge is 2.23. The van der Waals surface area contributed by atoms with Gasteiger partial charge in [0.25, 0.3) is 0 Å². The van der Waals surface area contributed by atoms with E-state index >= 15 is 0 Å². The van der Waals surface area contributed by atoms with Crippen LogP contribution in [0, 0.1) is 0 Å². The molecule has 132 valence electrons. The van der Waals surface area contributed by atoms with Crippen LogP contribution in [0.25, 0.3) is 11.4 Å². The van der Waals surface area contributed by atoms with E-state index in [9.17, 15) is 4.79 Å². The van der Waals surface area contributed by atoms with E-state index in [1.807, 2.05) is 23.1 Å². The fourth-order valence-corrected chi connectivity index (χ4v) is 3.42. The number of aromatic nitrogens is 3. The third-order valence-corrected chi connectivity index (χ3v) is 4.87. The van der Waals surface area contributed by atoms with Crippen LogP contribution in [0.15, 0.2) is 30.3 Å². The predicted octanol–water partition coefficient (Wildman–Crippen LogP) is 1.01. The van der Waals surface area contributed by atoms with Crippen molar-refractivity contribution in [3.8, 4) is 11.4 Å². The van der Waals surface area contributed by atoms with Gasteiger partial charge in [0.15, 0.2) is 5.82 Å². The Labute approximate surface area is 147 Å². The third-order valence-electron chi connectivity index (χ3n) is 4.87. The topological polar surface area (TPSA) is 63.5 Å². The van der Waals surface area contributed by atoms with Gasteiger partial charge in [0.1, 0.15) is 5.82 Å². The minimum atomic E-state index is 0.223. The van der Waals surface area contributed by atoms with E-state index in [0.717, 1.165) is 43.4 Å². The van der Waals surface area contributed by atoms with Gasteiger partial charge in [-0.05, 0) is 0 Å². The van der Waals surface area contributed by atoms with Crippen LogP contribution >= 0.6 is 0 Å². The number of benzene rings is 1. The SMILES string of the molecule is O=C(CCN1CCn2c(nnc2-c2ccccc2)C1)N1CCOCC1. The molecular formula is C18H23N5O2. The van der Waals surface area contributed by atoms with Crippen molar-refractivity contribution in [3.63, 3.8) is 0 Å². The zero-order valence-electron chi connectivity index (χ0n) is 14.3. The standard InChI is InChI=1S/C18H23N5O2/c24-17(22-10-12-25-13-11-22)6-7-21-8-9-23-16(14-21)19-20-18(23)15-4-2-1-3-5-15/h1-5H,6-14H2. The zero-order valence-corrected chi connectivity index (χ0v) is 14.3. The van der Waals surface area contributed by atoms with Gasteiger partial charge < -0.3 is 14.2 Å². The lowest BCUT2D eigenvalue weighted by atomic mass is 10.2. The fourth-order valence-electron chi connectivity index (χ4n) is 3.42. The Balaban J connectivity index is 1.36. The number of rotatable bonds is 4. The molecule has 25 heavy (non-hydrogen) atoms. The molecule has 0 unspecified atom stereocenters. The number of hydrogen-bond acceptors (Lipinski definition) is 5. The van der Waals surface area contributed by atoms with Crippen molar-refractivity contribution in [2.24, 2.45) is 0 Å². The molecule has 2 aliphatic rings. The third kappa shape index (κ3) is 3.57. The van der Waals surface area contributed by atoms with Crippen molar-refractivity contribution in [3.05, 3.63) is 36.2 Å². The van der Waals surface area contributed by atoms with E-state index in [4.69, 9.17) is 4.74 Å². The number of morpholine rings is 1. The summed E-state index contributed by atoms with van der Waals surface area (Å²) < 4.78 is 7.49. The Bertz CT molecular complexity index is 724. The average Bonchev–Trinajstić information content (AvgIpc) is 3.10. The molecule has 0 bridgehead atoms. The molecule has 1 aromatic heterocycles. The van der Waals surface area contributed by atoms with Crippen molar-refractivity contribution in [1.29, 1.82) is 0 Å². The maximum Gasteiger partial charge on any atom is 0.224 e. The van der Waals surface area contributed by atoms with Crippen LogP contribution in [-0.4, -0.2) is 69.9 Å². The molecule has 0 atom stereocenters. The van der Waals surface area contributed by atoms with Crippen LogP contribution < -0.4 is 0 Å². The number of fused-ring (bicyclic) bond motifs is 1. The Morgan fingerprint density at radius 2 is 1.84 bits per heavy atom. The number of carbonyl (C=O) groups is 1. The summed E-state index contributed by atoms with van der Waals surface area (Å²) in [5.74, 6) is 2.13. The molecule has 1 aromatic carbocycles. The molecule has 1 amide bonds. The lowest BCUT2D eigenvalue weighted by Gasteiger charge is -2.30. The molecule has 7 nitrogen and oxygen atoms in total. The van der Waals surface area contributed by atoms with Crippen LogP contribution in [0.3, 0.4) is 0 Å². The summed E-state index contributed by atoms with van der Waals surface area (Å²) in [4.78, 5) is 16.5. The second-order valence-corrected chi connectivity index (χ2v) is 6.48. The van der Waals surface area contributed by atoms with E-state index in [0.29, 0.717) is 32.7 Å². The van der Waals surface area contributed by atoms with E-state index < -0.39 is 0 Å². The lowest BCUT2D eigenvalue weighted by molar-refractivity contribution is -0.135. The predicted molar refractivity (Wildman–Crippen MR) is 92.8 cm³/mol. The van der Waals surface area contributed by atoms with Gasteiger partial charge in [-0.3, -0.25) is 9.69 Å². The Morgan fingerprint density at radius 3 is 2.64 bits per heavy atom. The fraction of sp³-hybridized carbons (Fsp3) is 0.500. The molecule has 3 heterocycles. The highest BCUT2D eigenvalue weighted by molar-refractivity contribution is 5.76. The van der Waals surface area contributed by atoms with E-state index in [-0.39, 0.29) is 5.91 Å². The number of ether oxygens (including phenoxy) is 1. The van der Waals surface area contributed by atoms with Crippen LogP contribution in [-0.2, 0) is 22.6 Å². The molecule has 0 spiro atoms. The summed E-state index contributed by atoms with van der Waals surface area (Å²) >= 11 is 0. The van der Waals surface area contributed by atoms with Crippen LogP contribution in [0.4, 0.5) is 0 Å². The summed E-state index contributed by atoms with van der Waals surface area (Å²) in [6.07, 6.45) is 0.555. The molecule has 0 aliphatic carbocycles. The van der Waals surface area contributed by atoms with Crippen molar-refractivity contribution >= 4 is 5.91 Å². The van der Waals surface area contributed by atoms with Gasteiger partial charge in [-0.25, -0.2) is 0 Å². The number of nitrogens with zero attached hydrogens (tertiary/aromatic N) is 5. The van der Waals surface area contributed by atoms with Gasteiger partial charge in [-0.15, -0.1) is 10.2 Å². The van der Waals surface area contributed by atoms with Gasteiger partial charge in [0.2, 0.25) is 5.91 Å². The number of carbonyl (C=O) groups excluding carboxylic acids is 1. The molecule has 2 aliphatic heterocycles. The molecule has 1 saturated heterocycles. The van der Waals surface area contributed by atoms with Crippen molar-refractivity contribution in [1.82, 2.24) is 24.6 Å². The Morgan fingerprint density at radius 1 is 1.04 bits per heavy atom. The first-order valence-corrected chi connectivity index (χ1v) is 8.86. The van der Waals surface area contributed by atoms with Crippen molar-refractivity contribution in [2.45, 2.75) is 19.5 Å². The highest BCUT2D eigenvalue weighted by atomic mass is 16.5. The summed E-state index contributed by atoms with van der Waals surface area (Å²) in [5.41, 5.74) is 1.09. The lowest BCUT2D eigenvalue weighted by Crippen LogP contribution is -2.42. The summed E-state index contributed by atoms with van der Waals surface area (Å²) in [5, 5.41) is 8.73. The van der Waals surface area contributed by atoms with E-state index in [1.54, 1.807) is 0 Å². The van der Waals surface area contributed by atoms with Gasteiger partial charge >= 0.3 is 0 Å². The normalized spacial score (nSPS) is 18.2. The van der Waals surface area contributed by atoms with Gasteiger partial charge in [-0.1, -0.05) is 30.3 Å². The first kappa shape index (κ1) is 16.2. The van der Waals surface area contributed by atoms with Crippen molar-refractivity contribution in [2.75, 3.05) is 39.4 Å². The highest BCUT2D eigenvalue weighted by Crippen LogP contribution is 2.21. The second kappa shape index (κ2) is 7.33. The molecule has 0 radical (unpaired) electrons.